The van der Waals surface area contributed by atoms with Crippen LogP contribution in [0.1, 0.15) is 13.0 Å². The van der Waals surface area contributed by atoms with Crippen LogP contribution in [0.5, 0.6) is 5.75 Å². The van der Waals surface area contributed by atoms with Crippen molar-refractivity contribution in [1.82, 2.24) is 9.55 Å². The number of imidazole rings is 1. The smallest absolute Gasteiger partial charge is 0.334 e. The SMILES string of the molecule is CC(C(=O)Oc1c(Cl)cc(Cl)cc1Cl)n1ccnc1. The van der Waals surface area contributed by atoms with E-state index in [1.807, 2.05) is 0 Å². The Morgan fingerprint density at radius 1 is 1.32 bits per heavy atom. The van der Waals surface area contributed by atoms with Gasteiger partial charge in [-0.25, -0.2) is 9.78 Å². The lowest BCUT2D eigenvalue weighted by Crippen LogP contribution is -2.21. The van der Waals surface area contributed by atoms with E-state index in [1.54, 1.807) is 23.9 Å². The third-order valence-corrected chi connectivity index (χ3v) is 3.26. The van der Waals surface area contributed by atoms with E-state index in [9.17, 15) is 4.79 Å². The summed E-state index contributed by atoms with van der Waals surface area (Å²) in [5.41, 5.74) is 0. The Morgan fingerprint density at radius 3 is 2.47 bits per heavy atom. The Kier molecular flexibility index (Phi) is 4.34. The zero-order valence-electron chi connectivity index (χ0n) is 9.81. The van der Waals surface area contributed by atoms with Crippen molar-refractivity contribution in [2.45, 2.75) is 13.0 Å². The van der Waals surface area contributed by atoms with E-state index in [0.29, 0.717) is 5.02 Å². The van der Waals surface area contributed by atoms with Crippen molar-refractivity contribution in [2.24, 2.45) is 0 Å². The van der Waals surface area contributed by atoms with Crippen LogP contribution in [0.4, 0.5) is 0 Å². The predicted molar refractivity (Wildman–Crippen MR) is 74.0 cm³/mol. The Labute approximate surface area is 124 Å². The zero-order valence-corrected chi connectivity index (χ0v) is 12.1. The van der Waals surface area contributed by atoms with Gasteiger partial charge in [0, 0.05) is 17.4 Å². The normalized spacial score (nSPS) is 12.2. The lowest BCUT2D eigenvalue weighted by Gasteiger charge is -2.14. The predicted octanol–water partition coefficient (Wildman–Crippen LogP) is 4.01. The molecule has 100 valence electrons. The highest BCUT2D eigenvalue weighted by molar-refractivity contribution is 6.40. The Morgan fingerprint density at radius 2 is 1.95 bits per heavy atom. The van der Waals surface area contributed by atoms with Gasteiger partial charge in [-0.2, -0.15) is 0 Å². The number of hydrogen-bond donors (Lipinski definition) is 0. The lowest BCUT2D eigenvalue weighted by atomic mass is 10.3. The highest BCUT2D eigenvalue weighted by atomic mass is 35.5. The summed E-state index contributed by atoms with van der Waals surface area (Å²) < 4.78 is 6.82. The molecule has 0 amide bonds. The van der Waals surface area contributed by atoms with Crippen molar-refractivity contribution in [2.75, 3.05) is 0 Å². The number of benzene rings is 1. The highest BCUT2D eigenvalue weighted by Crippen LogP contribution is 2.36. The molecule has 0 fully saturated rings. The fourth-order valence-electron chi connectivity index (χ4n) is 1.43. The topological polar surface area (TPSA) is 44.1 Å². The van der Waals surface area contributed by atoms with Crippen LogP contribution in [0.15, 0.2) is 30.9 Å². The fourth-order valence-corrected chi connectivity index (χ4v) is 2.33. The molecule has 0 bridgehead atoms. The third kappa shape index (κ3) is 3.21. The van der Waals surface area contributed by atoms with Gasteiger partial charge >= 0.3 is 5.97 Å². The van der Waals surface area contributed by atoms with E-state index in [1.165, 1.54) is 18.5 Å². The second kappa shape index (κ2) is 5.82. The number of carbonyl (C=O) groups is 1. The molecule has 0 N–H and O–H groups in total. The van der Waals surface area contributed by atoms with Gasteiger partial charge in [-0.05, 0) is 19.1 Å². The number of halogens is 3. The molecular formula is C12H9Cl3N2O2. The first kappa shape index (κ1) is 14.2. The molecule has 0 radical (unpaired) electrons. The maximum atomic E-state index is 12.0. The first-order chi connectivity index (χ1) is 8.99. The van der Waals surface area contributed by atoms with Crippen molar-refractivity contribution in [3.63, 3.8) is 0 Å². The van der Waals surface area contributed by atoms with Gasteiger partial charge < -0.3 is 9.30 Å². The molecular weight excluding hydrogens is 311 g/mol. The van der Waals surface area contributed by atoms with Gasteiger partial charge in [-0.15, -0.1) is 0 Å². The summed E-state index contributed by atoms with van der Waals surface area (Å²) in [5.74, 6) is -0.395. The van der Waals surface area contributed by atoms with Crippen LogP contribution < -0.4 is 4.74 Å². The number of aromatic nitrogens is 2. The summed E-state index contributed by atoms with van der Waals surface area (Å²) in [6, 6.07) is 2.38. The maximum absolute atomic E-state index is 12.0. The van der Waals surface area contributed by atoms with Gasteiger partial charge in [0.05, 0.1) is 16.4 Å². The van der Waals surface area contributed by atoms with Gasteiger partial charge in [0.15, 0.2) is 5.75 Å². The molecule has 0 saturated heterocycles. The monoisotopic (exact) mass is 318 g/mol. The number of nitrogens with zero attached hydrogens (tertiary/aromatic N) is 2. The van der Waals surface area contributed by atoms with E-state index in [-0.39, 0.29) is 15.8 Å². The Balaban J connectivity index is 2.20. The molecule has 2 rings (SSSR count). The first-order valence-corrected chi connectivity index (χ1v) is 6.46. The van der Waals surface area contributed by atoms with Gasteiger partial charge in [-0.3, -0.25) is 0 Å². The van der Waals surface area contributed by atoms with Crippen molar-refractivity contribution in [3.8, 4) is 5.75 Å². The first-order valence-electron chi connectivity index (χ1n) is 5.32. The Hall–Kier alpha value is -1.23. The molecule has 19 heavy (non-hydrogen) atoms. The number of ether oxygens (including phenoxy) is 1. The molecule has 1 aromatic heterocycles. The third-order valence-electron chi connectivity index (χ3n) is 2.48. The summed E-state index contributed by atoms with van der Waals surface area (Å²) in [4.78, 5) is 15.8. The molecule has 4 nitrogen and oxygen atoms in total. The zero-order chi connectivity index (χ0) is 14.0. The highest BCUT2D eigenvalue weighted by Gasteiger charge is 2.20. The summed E-state index contributed by atoms with van der Waals surface area (Å²) in [6.07, 6.45) is 4.76. The van der Waals surface area contributed by atoms with Crippen molar-refractivity contribution >= 4 is 40.8 Å². The second-order valence-electron chi connectivity index (χ2n) is 3.81. The van der Waals surface area contributed by atoms with Crippen LogP contribution in [0.2, 0.25) is 15.1 Å². The minimum Gasteiger partial charge on any atom is -0.422 e. The molecule has 2 aromatic rings. The van der Waals surface area contributed by atoms with Gasteiger partial charge in [0.2, 0.25) is 0 Å². The van der Waals surface area contributed by atoms with Crippen molar-refractivity contribution < 1.29 is 9.53 Å². The van der Waals surface area contributed by atoms with Crippen LogP contribution in [0.3, 0.4) is 0 Å². The van der Waals surface area contributed by atoms with Crippen LogP contribution in [0.25, 0.3) is 0 Å². The number of esters is 1. The molecule has 0 aliphatic rings. The summed E-state index contributed by atoms with van der Waals surface area (Å²) in [5, 5.41) is 0.741. The molecule has 1 heterocycles. The summed E-state index contributed by atoms with van der Waals surface area (Å²) in [6.45, 7) is 1.68. The Bertz CT molecular complexity index is 576. The van der Waals surface area contributed by atoms with E-state index >= 15 is 0 Å². The maximum Gasteiger partial charge on any atom is 0.334 e. The average molecular weight is 320 g/mol. The largest absolute Gasteiger partial charge is 0.422 e. The van der Waals surface area contributed by atoms with Gasteiger partial charge in [0.25, 0.3) is 0 Å². The van der Waals surface area contributed by atoms with E-state index < -0.39 is 12.0 Å². The molecule has 1 unspecified atom stereocenters. The fraction of sp³-hybridized carbons (Fsp3) is 0.167. The minimum absolute atomic E-state index is 0.102. The molecule has 1 aromatic carbocycles. The van der Waals surface area contributed by atoms with Gasteiger partial charge in [-0.1, -0.05) is 34.8 Å². The quantitative estimate of drug-likeness (QED) is 0.634. The van der Waals surface area contributed by atoms with Crippen LogP contribution in [-0.2, 0) is 4.79 Å². The van der Waals surface area contributed by atoms with E-state index in [4.69, 9.17) is 39.5 Å². The van der Waals surface area contributed by atoms with Gasteiger partial charge in [0.1, 0.15) is 6.04 Å². The van der Waals surface area contributed by atoms with Crippen LogP contribution in [-0.4, -0.2) is 15.5 Å². The molecule has 1 atom stereocenters. The second-order valence-corrected chi connectivity index (χ2v) is 5.06. The molecule has 0 spiro atoms. The summed E-state index contributed by atoms with van der Waals surface area (Å²) >= 11 is 17.7. The van der Waals surface area contributed by atoms with E-state index in [2.05, 4.69) is 4.98 Å². The molecule has 0 saturated carbocycles. The van der Waals surface area contributed by atoms with Crippen LogP contribution in [0, 0.1) is 0 Å². The lowest BCUT2D eigenvalue weighted by molar-refractivity contribution is -0.137. The molecule has 0 aliphatic carbocycles. The minimum atomic E-state index is -0.537. The number of rotatable bonds is 3. The molecule has 7 heteroatoms. The standard InChI is InChI=1S/C12H9Cl3N2O2/c1-7(17-3-2-16-6-17)12(18)19-11-9(14)4-8(13)5-10(11)15/h2-7H,1H3. The van der Waals surface area contributed by atoms with Crippen molar-refractivity contribution in [1.29, 1.82) is 0 Å². The average Bonchev–Trinajstić information content (AvgIpc) is 2.86. The number of hydrogen-bond acceptors (Lipinski definition) is 3. The van der Waals surface area contributed by atoms with Crippen LogP contribution >= 0.6 is 34.8 Å². The number of carbonyl (C=O) groups excluding carboxylic acids is 1. The van der Waals surface area contributed by atoms with E-state index in [0.717, 1.165) is 0 Å². The molecule has 0 aliphatic heterocycles. The summed E-state index contributed by atoms with van der Waals surface area (Å²) in [7, 11) is 0. The van der Waals surface area contributed by atoms with Crippen molar-refractivity contribution in [3.05, 3.63) is 45.9 Å².